The van der Waals surface area contributed by atoms with Gasteiger partial charge in [0.05, 0.1) is 17.3 Å². The van der Waals surface area contributed by atoms with E-state index in [0.717, 1.165) is 23.8 Å². The summed E-state index contributed by atoms with van der Waals surface area (Å²) in [5, 5.41) is 1.90. The molecule has 0 aliphatic heterocycles. The third-order valence-corrected chi connectivity index (χ3v) is 5.25. The van der Waals surface area contributed by atoms with Gasteiger partial charge in [-0.3, -0.25) is 9.69 Å². The Balaban J connectivity index is 1.98. The van der Waals surface area contributed by atoms with Gasteiger partial charge in [-0.25, -0.2) is 4.39 Å². The molecule has 0 bridgehead atoms. The summed E-state index contributed by atoms with van der Waals surface area (Å²) in [6.45, 7) is 0.470. The van der Waals surface area contributed by atoms with Crippen LogP contribution in [-0.4, -0.2) is 18.8 Å². The number of aldehydes is 1. The van der Waals surface area contributed by atoms with Gasteiger partial charge in [-0.05, 0) is 42.2 Å². The van der Waals surface area contributed by atoms with Crippen LogP contribution in [0.25, 0.3) is 0 Å². The van der Waals surface area contributed by atoms with Crippen molar-refractivity contribution >= 4 is 40.8 Å². The van der Waals surface area contributed by atoms with Gasteiger partial charge in [0.2, 0.25) is 0 Å². The molecule has 0 saturated heterocycles. The number of ether oxygens (including phenoxy) is 1. The molecule has 3 rings (SSSR count). The van der Waals surface area contributed by atoms with E-state index in [4.69, 9.17) is 22.8 Å². The van der Waals surface area contributed by atoms with Gasteiger partial charge in [0.25, 0.3) is 0 Å². The summed E-state index contributed by atoms with van der Waals surface area (Å²) in [4.78, 5) is 25.4. The first kappa shape index (κ1) is 18.4. The van der Waals surface area contributed by atoms with E-state index < -0.39 is 17.8 Å². The summed E-state index contributed by atoms with van der Waals surface area (Å²) in [5.74, 6) is 1.04. The van der Waals surface area contributed by atoms with Crippen LogP contribution in [0.15, 0.2) is 29.6 Å². The molecule has 1 aromatic heterocycles. The maximum Gasteiger partial charge on any atom is 0.303 e. The van der Waals surface area contributed by atoms with Crippen molar-refractivity contribution in [3.63, 3.8) is 0 Å². The minimum Gasteiger partial charge on any atom is -0.492 e. The number of rotatable bonds is 7. The van der Waals surface area contributed by atoms with Crippen LogP contribution in [0.1, 0.15) is 23.8 Å². The van der Waals surface area contributed by atoms with Crippen molar-refractivity contribution in [3.8, 4) is 18.1 Å². The Kier molecular flexibility index (Phi) is 5.60. The number of halogens is 2. The number of nitrogens with zero attached hydrogens (tertiary/aromatic N) is 1. The number of benzene rings is 1. The number of carbonyl (C=O) groups excluding carboxylic acids is 2. The number of hydrogen-bond acceptors (Lipinski definition) is 4. The average Bonchev–Trinajstić information content (AvgIpc) is 3.31. The van der Waals surface area contributed by atoms with E-state index in [-0.39, 0.29) is 16.5 Å². The third-order valence-electron chi connectivity index (χ3n) is 4.02. The molecular formula is C19H15ClFNO3S. The van der Waals surface area contributed by atoms with Gasteiger partial charge in [-0.2, -0.15) is 0 Å². The predicted octanol–water partition coefficient (Wildman–Crippen LogP) is 4.24. The Labute approximate surface area is 159 Å². The zero-order valence-electron chi connectivity index (χ0n) is 13.7. The Morgan fingerprint density at radius 2 is 2.31 bits per heavy atom. The molecule has 1 fully saturated rings. The normalized spacial score (nSPS) is 14.3. The molecule has 134 valence electrons. The van der Waals surface area contributed by atoms with E-state index in [1.54, 1.807) is 17.5 Å². The Bertz CT molecular complexity index is 858. The first-order chi connectivity index (χ1) is 12.5. The van der Waals surface area contributed by atoms with Crippen molar-refractivity contribution in [1.29, 1.82) is 0 Å². The lowest BCUT2D eigenvalue weighted by Crippen LogP contribution is -2.35. The molecule has 4 nitrogen and oxygen atoms in total. The molecule has 1 aliphatic rings. The second kappa shape index (κ2) is 7.90. The number of anilines is 1. The number of thiophene rings is 1. The third kappa shape index (κ3) is 3.90. The second-order valence-electron chi connectivity index (χ2n) is 5.90. The van der Waals surface area contributed by atoms with Crippen molar-refractivity contribution in [2.75, 3.05) is 11.5 Å². The van der Waals surface area contributed by atoms with Crippen LogP contribution in [0.4, 0.5) is 10.1 Å². The zero-order chi connectivity index (χ0) is 18.7. The highest BCUT2D eigenvalue weighted by Crippen LogP contribution is 2.38. The standard InChI is InChI=1S/C19H15ClFNO3S/c1-2-19(24)22(16(10-23)18-4-3-7-26-18)15-8-13(20)17(9-14(15)21)25-11-12-5-6-12/h1,3-4,7-10,12,16H,5-6,11H2. The molecule has 1 aliphatic carbocycles. The first-order valence-corrected chi connectivity index (χ1v) is 9.21. The van der Waals surface area contributed by atoms with Crippen LogP contribution >= 0.6 is 22.9 Å². The van der Waals surface area contributed by atoms with Gasteiger partial charge >= 0.3 is 5.91 Å². The van der Waals surface area contributed by atoms with E-state index >= 15 is 0 Å². The number of hydrogen-bond donors (Lipinski definition) is 0. The summed E-state index contributed by atoms with van der Waals surface area (Å²) >= 11 is 7.47. The smallest absolute Gasteiger partial charge is 0.303 e. The van der Waals surface area contributed by atoms with Gasteiger partial charge in [-0.15, -0.1) is 17.8 Å². The highest BCUT2D eigenvalue weighted by Gasteiger charge is 2.30. The lowest BCUT2D eigenvalue weighted by Gasteiger charge is -2.26. The zero-order valence-corrected chi connectivity index (χ0v) is 15.2. The van der Waals surface area contributed by atoms with Gasteiger partial charge in [0.15, 0.2) is 5.82 Å². The van der Waals surface area contributed by atoms with Crippen molar-refractivity contribution in [1.82, 2.24) is 0 Å². The van der Waals surface area contributed by atoms with Crippen molar-refractivity contribution < 1.29 is 18.7 Å². The highest BCUT2D eigenvalue weighted by atomic mass is 35.5. The molecular weight excluding hydrogens is 377 g/mol. The van der Waals surface area contributed by atoms with Crippen molar-refractivity contribution in [2.24, 2.45) is 5.92 Å². The molecule has 1 amide bonds. The van der Waals surface area contributed by atoms with Gasteiger partial charge in [-0.1, -0.05) is 17.7 Å². The number of amides is 1. The largest absolute Gasteiger partial charge is 0.492 e. The molecule has 1 unspecified atom stereocenters. The molecule has 7 heteroatoms. The van der Waals surface area contributed by atoms with E-state index in [9.17, 15) is 14.0 Å². The Morgan fingerprint density at radius 3 is 2.88 bits per heavy atom. The molecule has 1 aromatic carbocycles. The maximum absolute atomic E-state index is 14.7. The molecule has 1 heterocycles. The predicted molar refractivity (Wildman–Crippen MR) is 99.1 cm³/mol. The quantitative estimate of drug-likeness (QED) is 0.524. The van der Waals surface area contributed by atoms with Crippen LogP contribution in [0.5, 0.6) is 5.75 Å². The SMILES string of the molecule is C#CC(=O)N(c1cc(Cl)c(OCC2CC2)cc1F)C(C=O)c1cccs1. The minimum absolute atomic E-state index is 0.146. The summed E-state index contributed by atoms with van der Waals surface area (Å²) in [7, 11) is 0. The fraction of sp³-hybridized carbons (Fsp3) is 0.263. The summed E-state index contributed by atoms with van der Waals surface area (Å²) in [5.41, 5.74) is -0.165. The first-order valence-electron chi connectivity index (χ1n) is 7.95. The number of terminal acetylenes is 1. The van der Waals surface area contributed by atoms with Gasteiger partial charge in [0.1, 0.15) is 18.1 Å². The average molecular weight is 392 g/mol. The van der Waals surface area contributed by atoms with Crippen molar-refractivity contribution in [2.45, 2.75) is 18.9 Å². The van der Waals surface area contributed by atoms with Crippen LogP contribution in [0.3, 0.4) is 0 Å². The molecule has 1 saturated carbocycles. The van der Waals surface area contributed by atoms with E-state index in [1.807, 2.05) is 5.92 Å². The van der Waals surface area contributed by atoms with Crippen molar-refractivity contribution in [3.05, 3.63) is 45.4 Å². The molecule has 0 spiro atoms. The fourth-order valence-electron chi connectivity index (χ4n) is 2.48. The second-order valence-corrected chi connectivity index (χ2v) is 7.29. The van der Waals surface area contributed by atoms with Gasteiger partial charge in [0, 0.05) is 10.9 Å². The summed E-state index contributed by atoms with van der Waals surface area (Å²) < 4.78 is 20.3. The van der Waals surface area contributed by atoms with Crippen LogP contribution < -0.4 is 9.64 Å². The lowest BCUT2D eigenvalue weighted by atomic mass is 10.1. The Morgan fingerprint density at radius 1 is 1.54 bits per heavy atom. The minimum atomic E-state index is -1.04. The van der Waals surface area contributed by atoms with Crippen LogP contribution in [0, 0.1) is 24.1 Å². The van der Waals surface area contributed by atoms with Crippen LogP contribution in [-0.2, 0) is 9.59 Å². The maximum atomic E-state index is 14.7. The van der Waals surface area contributed by atoms with E-state index in [0.29, 0.717) is 23.7 Å². The molecule has 2 aromatic rings. The highest BCUT2D eigenvalue weighted by molar-refractivity contribution is 7.10. The topological polar surface area (TPSA) is 46.6 Å². The molecule has 0 N–H and O–H groups in total. The summed E-state index contributed by atoms with van der Waals surface area (Å²) in [6, 6.07) is 4.74. The van der Waals surface area contributed by atoms with E-state index in [1.165, 1.54) is 17.4 Å². The Hall–Kier alpha value is -2.36. The molecule has 0 radical (unpaired) electrons. The van der Waals surface area contributed by atoms with Crippen LogP contribution in [0.2, 0.25) is 5.02 Å². The fourth-order valence-corrected chi connectivity index (χ4v) is 3.46. The lowest BCUT2D eigenvalue weighted by molar-refractivity contribution is -0.116. The van der Waals surface area contributed by atoms with E-state index in [2.05, 4.69) is 0 Å². The summed E-state index contributed by atoms with van der Waals surface area (Å²) in [6.07, 6.45) is 7.95. The molecule has 26 heavy (non-hydrogen) atoms. The molecule has 1 atom stereocenters. The monoisotopic (exact) mass is 391 g/mol. The van der Waals surface area contributed by atoms with Gasteiger partial charge < -0.3 is 9.53 Å². The number of carbonyl (C=O) groups is 2.